The minimum atomic E-state index is -1.02. The number of aromatic nitrogens is 3. The zero-order chi connectivity index (χ0) is 17.5. The van der Waals surface area contributed by atoms with Gasteiger partial charge in [0.1, 0.15) is 5.69 Å². The average Bonchev–Trinajstić information content (AvgIpc) is 2.63. The SMILES string of the molecule is O=C(O)c1cccc(CN(Cc2cccnc2)Cc2ccccn2)n1. The van der Waals surface area contributed by atoms with Crippen molar-refractivity contribution in [2.45, 2.75) is 19.6 Å². The second-order valence-electron chi connectivity index (χ2n) is 5.65. The van der Waals surface area contributed by atoms with E-state index in [1.165, 1.54) is 6.07 Å². The van der Waals surface area contributed by atoms with E-state index in [4.69, 9.17) is 5.11 Å². The number of hydrogen-bond donors (Lipinski definition) is 1. The Morgan fingerprint density at radius 1 is 0.920 bits per heavy atom. The molecule has 126 valence electrons. The number of pyridine rings is 3. The normalized spacial score (nSPS) is 10.8. The molecule has 25 heavy (non-hydrogen) atoms. The van der Waals surface area contributed by atoms with Crippen LogP contribution >= 0.6 is 0 Å². The van der Waals surface area contributed by atoms with Crippen molar-refractivity contribution in [1.82, 2.24) is 19.9 Å². The highest BCUT2D eigenvalue weighted by atomic mass is 16.4. The van der Waals surface area contributed by atoms with Gasteiger partial charge in [0.15, 0.2) is 0 Å². The third kappa shape index (κ3) is 4.92. The van der Waals surface area contributed by atoms with Crippen molar-refractivity contribution >= 4 is 5.97 Å². The molecule has 0 bridgehead atoms. The van der Waals surface area contributed by atoms with Gasteiger partial charge in [-0.1, -0.05) is 18.2 Å². The summed E-state index contributed by atoms with van der Waals surface area (Å²) in [5.74, 6) is -1.02. The van der Waals surface area contributed by atoms with Gasteiger partial charge in [0.05, 0.1) is 11.4 Å². The first-order valence-electron chi connectivity index (χ1n) is 7.91. The second kappa shape index (κ2) is 8.12. The molecule has 0 spiro atoms. The fourth-order valence-corrected chi connectivity index (χ4v) is 2.55. The van der Waals surface area contributed by atoms with E-state index in [-0.39, 0.29) is 5.69 Å². The molecule has 3 aromatic rings. The lowest BCUT2D eigenvalue weighted by Crippen LogP contribution is -2.24. The summed E-state index contributed by atoms with van der Waals surface area (Å²) in [7, 11) is 0. The van der Waals surface area contributed by atoms with Crippen molar-refractivity contribution in [3.05, 3.63) is 89.8 Å². The maximum absolute atomic E-state index is 11.1. The fourth-order valence-electron chi connectivity index (χ4n) is 2.55. The van der Waals surface area contributed by atoms with Gasteiger partial charge in [-0.3, -0.25) is 14.9 Å². The molecule has 0 saturated heterocycles. The van der Waals surface area contributed by atoms with E-state index in [1.807, 2.05) is 42.6 Å². The summed E-state index contributed by atoms with van der Waals surface area (Å²) in [6.07, 6.45) is 5.33. The van der Waals surface area contributed by atoms with Gasteiger partial charge in [0.2, 0.25) is 0 Å². The predicted octanol–water partition coefficient (Wildman–Crippen LogP) is 2.77. The Bertz CT molecular complexity index is 784. The molecule has 0 radical (unpaired) electrons. The highest BCUT2D eigenvalue weighted by molar-refractivity contribution is 5.85. The number of nitrogens with zero attached hydrogens (tertiary/aromatic N) is 4. The van der Waals surface area contributed by atoms with Gasteiger partial charge in [-0.05, 0) is 35.9 Å². The number of carboxylic acid groups (broad SMARTS) is 1. The van der Waals surface area contributed by atoms with Crippen LogP contribution in [0.25, 0.3) is 0 Å². The van der Waals surface area contributed by atoms with Crippen LogP contribution in [0.4, 0.5) is 0 Å². The van der Waals surface area contributed by atoms with Gasteiger partial charge < -0.3 is 5.11 Å². The molecule has 0 fully saturated rings. The van der Waals surface area contributed by atoms with E-state index in [0.717, 1.165) is 11.3 Å². The Hall–Kier alpha value is -3.12. The molecular weight excluding hydrogens is 316 g/mol. The van der Waals surface area contributed by atoms with Crippen LogP contribution in [0.2, 0.25) is 0 Å². The van der Waals surface area contributed by atoms with Gasteiger partial charge >= 0.3 is 5.97 Å². The number of carboxylic acids is 1. The fraction of sp³-hybridized carbons (Fsp3) is 0.158. The van der Waals surface area contributed by atoms with Crippen LogP contribution in [0.1, 0.15) is 27.4 Å². The van der Waals surface area contributed by atoms with Crippen LogP contribution in [0, 0.1) is 0 Å². The molecule has 3 rings (SSSR count). The summed E-state index contributed by atoms with van der Waals surface area (Å²) in [5.41, 5.74) is 2.78. The summed E-state index contributed by atoms with van der Waals surface area (Å²) < 4.78 is 0. The second-order valence-corrected chi connectivity index (χ2v) is 5.65. The minimum absolute atomic E-state index is 0.0525. The molecule has 0 unspecified atom stereocenters. The predicted molar refractivity (Wildman–Crippen MR) is 92.6 cm³/mol. The number of aromatic carboxylic acids is 1. The van der Waals surface area contributed by atoms with Crippen molar-refractivity contribution in [1.29, 1.82) is 0 Å². The van der Waals surface area contributed by atoms with E-state index < -0.39 is 5.97 Å². The van der Waals surface area contributed by atoms with E-state index in [1.54, 1.807) is 18.5 Å². The van der Waals surface area contributed by atoms with E-state index >= 15 is 0 Å². The number of hydrogen-bond acceptors (Lipinski definition) is 5. The standard InChI is InChI=1S/C19H18N4O2/c24-19(25)18-8-3-7-17(22-18)14-23(12-15-5-4-9-20-11-15)13-16-6-1-2-10-21-16/h1-11H,12-14H2,(H,24,25). The van der Waals surface area contributed by atoms with Crippen molar-refractivity contribution < 1.29 is 9.90 Å². The van der Waals surface area contributed by atoms with Crippen LogP contribution in [-0.2, 0) is 19.6 Å². The van der Waals surface area contributed by atoms with Crippen LogP contribution in [0.3, 0.4) is 0 Å². The average molecular weight is 334 g/mol. The Kier molecular flexibility index (Phi) is 5.43. The van der Waals surface area contributed by atoms with Gasteiger partial charge in [-0.25, -0.2) is 9.78 Å². The van der Waals surface area contributed by atoms with Gasteiger partial charge in [-0.15, -0.1) is 0 Å². The summed E-state index contributed by atoms with van der Waals surface area (Å²) in [4.78, 5) is 26.0. The van der Waals surface area contributed by atoms with E-state index in [2.05, 4.69) is 19.9 Å². The first-order valence-corrected chi connectivity index (χ1v) is 7.91. The van der Waals surface area contributed by atoms with Crippen molar-refractivity contribution in [3.63, 3.8) is 0 Å². The smallest absolute Gasteiger partial charge is 0.354 e. The Labute approximate surface area is 145 Å². The molecule has 0 aromatic carbocycles. The van der Waals surface area contributed by atoms with Crippen LogP contribution in [0.5, 0.6) is 0 Å². The van der Waals surface area contributed by atoms with Crippen molar-refractivity contribution in [3.8, 4) is 0 Å². The lowest BCUT2D eigenvalue weighted by atomic mass is 10.2. The lowest BCUT2D eigenvalue weighted by molar-refractivity contribution is 0.0689. The van der Waals surface area contributed by atoms with Gasteiger partial charge in [0, 0.05) is 38.2 Å². The third-order valence-electron chi connectivity index (χ3n) is 3.65. The summed E-state index contributed by atoms with van der Waals surface area (Å²) in [6.45, 7) is 1.82. The summed E-state index contributed by atoms with van der Waals surface area (Å²) in [5, 5.41) is 9.12. The van der Waals surface area contributed by atoms with Gasteiger partial charge in [0.25, 0.3) is 0 Å². The van der Waals surface area contributed by atoms with Crippen LogP contribution < -0.4 is 0 Å². The Morgan fingerprint density at radius 3 is 2.48 bits per heavy atom. The first-order chi connectivity index (χ1) is 12.2. The van der Waals surface area contributed by atoms with E-state index in [9.17, 15) is 4.79 Å². The number of rotatable bonds is 7. The van der Waals surface area contributed by atoms with E-state index in [0.29, 0.717) is 25.3 Å². The quantitative estimate of drug-likeness (QED) is 0.716. The van der Waals surface area contributed by atoms with Crippen molar-refractivity contribution in [2.75, 3.05) is 0 Å². The topological polar surface area (TPSA) is 79.2 Å². The summed E-state index contributed by atoms with van der Waals surface area (Å²) >= 11 is 0. The largest absolute Gasteiger partial charge is 0.477 e. The third-order valence-corrected chi connectivity index (χ3v) is 3.65. The molecule has 6 nitrogen and oxygen atoms in total. The monoisotopic (exact) mass is 334 g/mol. The summed E-state index contributed by atoms with van der Waals surface area (Å²) in [6, 6.07) is 14.8. The minimum Gasteiger partial charge on any atom is -0.477 e. The zero-order valence-electron chi connectivity index (χ0n) is 13.6. The number of carbonyl (C=O) groups is 1. The molecule has 0 atom stereocenters. The Morgan fingerprint density at radius 2 is 1.76 bits per heavy atom. The zero-order valence-corrected chi connectivity index (χ0v) is 13.6. The highest BCUT2D eigenvalue weighted by Gasteiger charge is 2.12. The molecule has 0 amide bonds. The molecule has 6 heteroatoms. The highest BCUT2D eigenvalue weighted by Crippen LogP contribution is 2.12. The maximum Gasteiger partial charge on any atom is 0.354 e. The molecule has 0 saturated carbocycles. The molecule has 0 aliphatic carbocycles. The molecule has 3 heterocycles. The van der Waals surface area contributed by atoms with Crippen molar-refractivity contribution in [2.24, 2.45) is 0 Å². The molecule has 0 aliphatic rings. The van der Waals surface area contributed by atoms with Crippen LogP contribution in [-0.4, -0.2) is 30.9 Å². The van der Waals surface area contributed by atoms with Crippen LogP contribution in [0.15, 0.2) is 67.1 Å². The Balaban J connectivity index is 1.80. The first kappa shape index (κ1) is 16.7. The molecule has 1 N–H and O–H groups in total. The lowest BCUT2D eigenvalue weighted by Gasteiger charge is -2.21. The molecule has 3 aromatic heterocycles. The molecular formula is C19H18N4O2. The van der Waals surface area contributed by atoms with Gasteiger partial charge in [-0.2, -0.15) is 0 Å². The maximum atomic E-state index is 11.1. The molecule has 0 aliphatic heterocycles.